The molecule has 140 valence electrons. The molecule has 2 fully saturated rings. The second-order valence-corrected chi connectivity index (χ2v) is 8.81. The van der Waals surface area contributed by atoms with Crippen LogP contribution in [0.5, 0.6) is 0 Å². The molecule has 5 rings (SSSR count). The van der Waals surface area contributed by atoms with Crippen molar-refractivity contribution in [3.8, 4) is 5.69 Å². The molecule has 0 bridgehead atoms. The van der Waals surface area contributed by atoms with Crippen LogP contribution in [0.25, 0.3) is 5.69 Å². The van der Waals surface area contributed by atoms with E-state index in [9.17, 15) is 0 Å². The van der Waals surface area contributed by atoms with Gasteiger partial charge in [-0.2, -0.15) is 4.37 Å². The molecule has 7 nitrogen and oxygen atoms in total. The second kappa shape index (κ2) is 7.21. The molecule has 2 aliphatic rings. The molecule has 27 heavy (non-hydrogen) atoms. The zero-order valence-electron chi connectivity index (χ0n) is 15.0. The van der Waals surface area contributed by atoms with Gasteiger partial charge in [0.05, 0.1) is 18.9 Å². The number of anilines is 1. The molecule has 1 saturated heterocycles. The summed E-state index contributed by atoms with van der Waals surface area (Å²) in [5.41, 5.74) is 2.29. The first-order valence-electron chi connectivity index (χ1n) is 9.14. The minimum absolute atomic E-state index is 0.564. The van der Waals surface area contributed by atoms with Crippen molar-refractivity contribution in [2.45, 2.75) is 35.2 Å². The van der Waals surface area contributed by atoms with E-state index in [1.807, 2.05) is 0 Å². The van der Waals surface area contributed by atoms with Gasteiger partial charge in [-0.3, -0.25) is 4.57 Å². The van der Waals surface area contributed by atoms with E-state index < -0.39 is 0 Å². The summed E-state index contributed by atoms with van der Waals surface area (Å²) >= 11 is 2.99. The SMILES string of the molecule is Cc1ccc(-n2c(Sc3nc(C4CC4)ns3)nnc2N2CCOCC2)cc1. The third-order valence-corrected chi connectivity index (χ3v) is 6.46. The first-order valence-corrected chi connectivity index (χ1v) is 10.7. The molecule has 0 N–H and O–H groups in total. The summed E-state index contributed by atoms with van der Waals surface area (Å²) in [5.74, 6) is 2.41. The Kier molecular flexibility index (Phi) is 4.58. The van der Waals surface area contributed by atoms with Crippen LogP contribution in [-0.2, 0) is 4.74 Å². The molecular formula is C18H20N6OS2. The molecule has 0 unspecified atom stereocenters. The maximum Gasteiger partial charge on any atom is 0.232 e. The van der Waals surface area contributed by atoms with Gasteiger partial charge in [-0.05, 0) is 55.2 Å². The number of aromatic nitrogens is 5. The van der Waals surface area contributed by atoms with Crippen molar-refractivity contribution in [2.24, 2.45) is 0 Å². The highest BCUT2D eigenvalue weighted by atomic mass is 32.2. The Balaban J connectivity index is 1.51. The fourth-order valence-electron chi connectivity index (χ4n) is 3.06. The molecule has 3 heterocycles. The fraction of sp³-hybridized carbons (Fsp3) is 0.444. The van der Waals surface area contributed by atoms with E-state index in [0.29, 0.717) is 19.1 Å². The maximum absolute atomic E-state index is 5.50. The Bertz CT molecular complexity index is 928. The van der Waals surface area contributed by atoms with E-state index in [1.54, 1.807) is 11.8 Å². The van der Waals surface area contributed by atoms with Crippen LogP contribution in [0, 0.1) is 6.92 Å². The second-order valence-electron chi connectivity index (χ2n) is 6.85. The van der Waals surface area contributed by atoms with E-state index in [2.05, 4.69) is 55.2 Å². The van der Waals surface area contributed by atoms with Crippen molar-refractivity contribution in [2.75, 3.05) is 31.2 Å². The van der Waals surface area contributed by atoms with Gasteiger partial charge in [0.15, 0.2) is 4.34 Å². The Labute approximate surface area is 165 Å². The molecule has 2 aromatic heterocycles. The molecule has 1 saturated carbocycles. The standard InChI is InChI=1S/C18H20N6OS2/c1-12-2-6-14(7-3-12)24-16(23-8-10-25-11-9-23)20-21-17(24)26-18-19-15(22-27-18)13-4-5-13/h2-3,6-7,13H,4-5,8-11H2,1H3. The molecule has 1 aromatic carbocycles. The summed E-state index contributed by atoms with van der Waals surface area (Å²) < 4.78 is 13.0. The summed E-state index contributed by atoms with van der Waals surface area (Å²) in [6, 6.07) is 8.46. The molecule has 1 aliphatic carbocycles. The van der Waals surface area contributed by atoms with Crippen LogP contribution < -0.4 is 4.90 Å². The zero-order chi connectivity index (χ0) is 18.2. The monoisotopic (exact) mass is 400 g/mol. The van der Waals surface area contributed by atoms with Gasteiger partial charge in [-0.15, -0.1) is 10.2 Å². The van der Waals surface area contributed by atoms with Crippen LogP contribution in [0.1, 0.15) is 30.1 Å². The topological polar surface area (TPSA) is 69.0 Å². The number of hydrogen-bond donors (Lipinski definition) is 0. The van der Waals surface area contributed by atoms with Crippen LogP contribution in [0.15, 0.2) is 33.8 Å². The number of ether oxygens (including phenoxy) is 1. The van der Waals surface area contributed by atoms with E-state index in [1.165, 1.54) is 29.9 Å². The highest BCUT2D eigenvalue weighted by Crippen LogP contribution is 2.41. The Morgan fingerprint density at radius 3 is 2.63 bits per heavy atom. The summed E-state index contributed by atoms with van der Waals surface area (Å²) in [6.45, 7) is 5.16. The fourth-order valence-corrected chi connectivity index (χ4v) is 4.70. The quantitative estimate of drug-likeness (QED) is 0.651. The first-order chi connectivity index (χ1) is 13.3. The Morgan fingerprint density at radius 1 is 1.11 bits per heavy atom. The van der Waals surface area contributed by atoms with Crippen LogP contribution in [0.4, 0.5) is 5.95 Å². The maximum atomic E-state index is 5.50. The summed E-state index contributed by atoms with van der Waals surface area (Å²) in [5, 5.41) is 9.81. The zero-order valence-corrected chi connectivity index (χ0v) is 16.7. The number of morpholine rings is 1. The van der Waals surface area contributed by atoms with Crippen LogP contribution in [0.3, 0.4) is 0 Å². The average Bonchev–Trinajstić information content (AvgIpc) is 3.31. The molecule has 0 atom stereocenters. The third-order valence-electron chi connectivity index (χ3n) is 4.75. The predicted octanol–water partition coefficient (Wildman–Crippen LogP) is 3.29. The highest BCUT2D eigenvalue weighted by Gasteiger charge is 2.29. The summed E-state index contributed by atoms with van der Waals surface area (Å²) in [6.07, 6.45) is 2.42. The van der Waals surface area contributed by atoms with Crippen molar-refractivity contribution >= 4 is 29.2 Å². The van der Waals surface area contributed by atoms with Gasteiger partial charge in [-0.1, -0.05) is 17.7 Å². The van der Waals surface area contributed by atoms with Crippen molar-refractivity contribution in [3.05, 3.63) is 35.7 Å². The molecule has 0 amide bonds. The Morgan fingerprint density at radius 2 is 1.89 bits per heavy atom. The van der Waals surface area contributed by atoms with E-state index in [-0.39, 0.29) is 0 Å². The predicted molar refractivity (Wildman–Crippen MR) is 105 cm³/mol. The highest BCUT2D eigenvalue weighted by molar-refractivity contribution is 8.00. The van der Waals surface area contributed by atoms with Gasteiger partial charge in [0.25, 0.3) is 0 Å². The smallest absolute Gasteiger partial charge is 0.232 e. The average molecular weight is 401 g/mol. The third kappa shape index (κ3) is 3.59. The lowest BCUT2D eigenvalue weighted by Gasteiger charge is -2.27. The van der Waals surface area contributed by atoms with Gasteiger partial charge < -0.3 is 9.64 Å². The molecule has 3 aromatic rings. The molecular weight excluding hydrogens is 380 g/mol. The molecule has 0 radical (unpaired) electrons. The number of aryl methyl sites for hydroxylation is 1. The van der Waals surface area contributed by atoms with E-state index >= 15 is 0 Å². The van der Waals surface area contributed by atoms with E-state index in [4.69, 9.17) is 9.72 Å². The molecule has 1 aliphatic heterocycles. The van der Waals surface area contributed by atoms with Crippen LogP contribution in [0.2, 0.25) is 0 Å². The molecule has 0 spiro atoms. The number of nitrogens with zero attached hydrogens (tertiary/aromatic N) is 6. The van der Waals surface area contributed by atoms with Crippen molar-refractivity contribution in [1.82, 2.24) is 24.1 Å². The minimum atomic E-state index is 0.564. The molecule has 9 heteroatoms. The lowest BCUT2D eigenvalue weighted by Crippen LogP contribution is -2.37. The van der Waals surface area contributed by atoms with Crippen LogP contribution >= 0.6 is 23.3 Å². The van der Waals surface area contributed by atoms with Crippen LogP contribution in [-0.4, -0.2) is 50.4 Å². The largest absolute Gasteiger partial charge is 0.378 e. The van der Waals surface area contributed by atoms with E-state index in [0.717, 1.165) is 40.0 Å². The van der Waals surface area contributed by atoms with Crippen molar-refractivity contribution in [3.63, 3.8) is 0 Å². The van der Waals surface area contributed by atoms with Gasteiger partial charge in [0.1, 0.15) is 5.82 Å². The van der Waals surface area contributed by atoms with Gasteiger partial charge in [0, 0.05) is 19.0 Å². The normalized spacial score (nSPS) is 17.4. The van der Waals surface area contributed by atoms with Gasteiger partial charge in [0.2, 0.25) is 11.1 Å². The minimum Gasteiger partial charge on any atom is -0.378 e. The van der Waals surface area contributed by atoms with Crippen molar-refractivity contribution in [1.29, 1.82) is 0 Å². The summed E-state index contributed by atoms with van der Waals surface area (Å²) in [7, 11) is 0. The van der Waals surface area contributed by atoms with Gasteiger partial charge >= 0.3 is 0 Å². The lowest BCUT2D eigenvalue weighted by molar-refractivity contribution is 0.122. The lowest BCUT2D eigenvalue weighted by atomic mass is 10.2. The number of hydrogen-bond acceptors (Lipinski definition) is 8. The van der Waals surface area contributed by atoms with Crippen molar-refractivity contribution < 1.29 is 4.74 Å². The Hall–Kier alpha value is -1.97. The van der Waals surface area contributed by atoms with Gasteiger partial charge in [-0.25, -0.2) is 4.98 Å². The summed E-state index contributed by atoms with van der Waals surface area (Å²) in [4.78, 5) is 6.93. The first kappa shape index (κ1) is 17.2. The number of rotatable bonds is 5. The number of benzene rings is 1.